The average molecular weight is 524 g/mol. The molecule has 9 aromatic rings. The van der Waals surface area contributed by atoms with Gasteiger partial charge < -0.3 is 4.57 Å². The summed E-state index contributed by atoms with van der Waals surface area (Å²) in [5.41, 5.74) is 12.9. The van der Waals surface area contributed by atoms with Crippen LogP contribution in [0.2, 0.25) is 0 Å². The van der Waals surface area contributed by atoms with Crippen molar-refractivity contribution in [3.63, 3.8) is 0 Å². The highest BCUT2D eigenvalue weighted by atomic mass is 15.0. The molecular weight excluding hydrogens is 502 g/mol. The summed E-state index contributed by atoms with van der Waals surface area (Å²) in [6, 6.07) is 33.0. The van der Waals surface area contributed by atoms with Crippen molar-refractivity contribution in [3.8, 4) is 16.8 Å². The lowest BCUT2D eigenvalue weighted by Crippen LogP contribution is -1.95. The molecule has 4 aromatic carbocycles. The number of hydrogen-bond acceptors (Lipinski definition) is 3. The molecule has 5 heteroatoms. The molecule has 190 valence electrons. The molecule has 0 radical (unpaired) electrons. The molecule has 5 aromatic heterocycles. The molecule has 0 unspecified atom stereocenters. The van der Waals surface area contributed by atoms with E-state index in [4.69, 9.17) is 4.98 Å². The fraction of sp³-hybridized carbons (Fsp3) is 0.0278. The molecule has 0 bridgehead atoms. The standard InChI is InChI=1S/C36H21N5/c1-2-7-23(8-3-1)40-32-11-10-25-28-19-37-14-12-30(28)41-31-13-15-38-20-29(31)39-36(41)35(25)34(32)27-17-22-16-21-6-4-5-9-24(21)26(22)18-33(27)40/h1-15,17-20H,16H2. The van der Waals surface area contributed by atoms with E-state index in [9.17, 15) is 0 Å². The maximum Gasteiger partial charge on any atom is 0.147 e. The number of rotatable bonds is 1. The topological polar surface area (TPSA) is 48.0 Å². The van der Waals surface area contributed by atoms with Crippen molar-refractivity contribution in [1.29, 1.82) is 0 Å². The van der Waals surface area contributed by atoms with Crippen molar-refractivity contribution in [1.82, 2.24) is 23.9 Å². The van der Waals surface area contributed by atoms with Crippen LogP contribution in [0.25, 0.3) is 77.0 Å². The first-order valence-corrected chi connectivity index (χ1v) is 13.9. The van der Waals surface area contributed by atoms with Crippen LogP contribution < -0.4 is 0 Å². The highest BCUT2D eigenvalue weighted by molar-refractivity contribution is 6.30. The number of benzene rings is 4. The third kappa shape index (κ3) is 2.68. The van der Waals surface area contributed by atoms with Crippen LogP contribution >= 0.6 is 0 Å². The van der Waals surface area contributed by atoms with Gasteiger partial charge in [0.2, 0.25) is 0 Å². The van der Waals surface area contributed by atoms with Crippen LogP contribution in [0.5, 0.6) is 0 Å². The Bertz CT molecular complexity index is 2550. The van der Waals surface area contributed by atoms with Crippen LogP contribution in [-0.2, 0) is 6.42 Å². The van der Waals surface area contributed by atoms with Crippen LogP contribution in [0.3, 0.4) is 0 Å². The maximum atomic E-state index is 5.21. The highest BCUT2D eigenvalue weighted by Gasteiger charge is 2.25. The second-order valence-corrected chi connectivity index (χ2v) is 10.9. The lowest BCUT2D eigenvalue weighted by Gasteiger charge is -2.11. The van der Waals surface area contributed by atoms with E-state index in [1.807, 2.05) is 24.8 Å². The zero-order valence-electron chi connectivity index (χ0n) is 21.9. The third-order valence-corrected chi connectivity index (χ3v) is 8.87. The monoisotopic (exact) mass is 523 g/mol. The van der Waals surface area contributed by atoms with Crippen molar-refractivity contribution in [2.45, 2.75) is 6.42 Å². The molecule has 0 amide bonds. The van der Waals surface area contributed by atoms with Crippen LogP contribution in [0.15, 0.2) is 116 Å². The number of para-hydroxylation sites is 1. The molecule has 0 aliphatic heterocycles. The molecule has 41 heavy (non-hydrogen) atoms. The molecule has 0 N–H and O–H groups in total. The summed E-state index contributed by atoms with van der Waals surface area (Å²) >= 11 is 0. The lowest BCUT2D eigenvalue weighted by atomic mass is 9.99. The van der Waals surface area contributed by atoms with Gasteiger partial charge in [-0.2, -0.15) is 0 Å². The first-order valence-electron chi connectivity index (χ1n) is 13.9. The zero-order chi connectivity index (χ0) is 26.7. The quantitative estimate of drug-likeness (QED) is 0.204. The first kappa shape index (κ1) is 21.3. The van der Waals surface area contributed by atoms with Crippen molar-refractivity contribution in [2.75, 3.05) is 0 Å². The summed E-state index contributed by atoms with van der Waals surface area (Å²) in [5, 5.41) is 5.89. The molecule has 0 saturated carbocycles. The molecule has 5 nitrogen and oxygen atoms in total. The molecule has 0 fully saturated rings. The minimum absolute atomic E-state index is 0.887. The smallest absolute Gasteiger partial charge is 0.147 e. The summed E-state index contributed by atoms with van der Waals surface area (Å²) in [6.07, 6.45) is 8.50. The van der Waals surface area contributed by atoms with Crippen molar-refractivity contribution >= 4 is 60.2 Å². The van der Waals surface area contributed by atoms with E-state index >= 15 is 0 Å². The fourth-order valence-corrected chi connectivity index (χ4v) is 7.18. The molecular formula is C36H21N5. The second kappa shape index (κ2) is 7.55. The number of nitrogens with zero attached hydrogens (tertiary/aromatic N) is 5. The van der Waals surface area contributed by atoms with Crippen molar-refractivity contribution < 1.29 is 0 Å². The van der Waals surface area contributed by atoms with Gasteiger partial charge in [-0.3, -0.25) is 14.4 Å². The van der Waals surface area contributed by atoms with Crippen LogP contribution in [0, 0.1) is 0 Å². The SMILES string of the molecule is c1ccc(-n2c3cc4c(cc3c3c5c(ccc32)c2cnccc2n2c3ccncc3nc52)Cc2ccccc2-4)cc1. The first-order chi connectivity index (χ1) is 20.3. The summed E-state index contributed by atoms with van der Waals surface area (Å²) in [4.78, 5) is 14.1. The second-order valence-electron chi connectivity index (χ2n) is 10.9. The zero-order valence-corrected chi connectivity index (χ0v) is 21.9. The van der Waals surface area contributed by atoms with Crippen LogP contribution in [0.4, 0.5) is 0 Å². The van der Waals surface area contributed by atoms with E-state index in [-0.39, 0.29) is 0 Å². The van der Waals surface area contributed by atoms with E-state index < -0.39 is 0 Å². The summed E-state index contributed by atoms with van der Waals surface area (Å²) in [7, 11) is 0. The van der Waals surface area contributed by atoms with Gasteiger partial charge in [-0.1, -0.05) is 48.5 Å². The van der Waals surface area contributed by atoms with Gasteiger partial charge in [0.05, 0.1) is 28.3 Å². The molecule has 1 aliphatic carbocycles. The Kier molecular flexibility index (Phi) is 3.92. The van der Waals surface area contributed by atoms with Gasteiger partial charge in [0.25, 0.3) is 0 Å². The Hall–Kier alpha value is -5.55. The summed E-state index contributed by atoms with van der Waals surface area (Å²) < 4.78 is 4.70. The number of imidazole rings is 1. The Morgan fingerprint density at radius 2 is 1.39 bits per heavy atom. The van der Waals surface area contributed by atoms with Gasteiger partial charge in [0, 0.05) is 45.8 Å². The molecule has 0 spiro atoms. The van der Waals surface area contributed by atoms with Gasteiger partial charge in [-0.05, 0) is 76.5 Å². The summed E-state index contributed by atoms with van der Waals surface area (Å²) in [6.45, 7) is 0. The number of fused-ring (bicyclic) bond motifs is 15. The maximum absolute atomic E-state index is 5.21. The largest absolute Gasteiger partial charge is 0.309 e. The van der Waals surface area contributed by atoms with Gasteiger partial charge >= 0.3 is 0 Å². The van der Waals surface area contributed by atoms with E-state index in [1.54, 1.807) is 0 Å². The van der Waals surface area contributed by atoms with E-state index in [0.29, 0.717) is 0 Å². The van der Waals surface area contributed by atoms with Gasteiger partial charge in [-0.15, -0.1) is 0 Å². The van der Waals surface area contributed by atoms with E-state index in [2.05, 4.69) is 110 Å². The van der Waals surface area contributed by atoms with E-state index in [0.717, 1.165) is 50.5 Å². The predicted molar refractivity (Wildman–Crippen MR) is 166 cm³/mol. The van der Waals surface area contributed by atoms with E-state index in [1.165, 1.54) is 44.1 Å². The molecule has 1 aliphatic rings. The normalized spacial score (nSPS) is 12.8. The van der Waals surface area contributed by atoms with Gasteiger partial charge in [0.15, 0.2) is 0 Å². The Morgan fingerprint density at radius 1 is 0.561 bits per heavy atom. The number of hydrogen-bond donors (Lipinski definition) is 0. The molecule has 0 atom stereocenters. The Balaban J connectivity index is 1.48. The molecule has 0 saturated heterocycles. The van der Waals surface area contributed by atoms with Crippen LogP contribution in [0.1, 0.15) is 11.1 Å². The minimum Gasteiger partial charge on any atom is -0.309 e. The Labute approximate surface area is 234 Å². The lowest BCUT2D eigenvalue weighted by molar-refractivity contribution is 1.18. The average Bonchev–Trinajstić information content (AvgIpc) is 3.69. The molecule has 5 heterocycles. The number of aromatic nitrogens is 5. The number of pyridine rings is 3. The molecule has 10 rings (SSSR count). The summed E-state index contributed by atoms with van der Waals surface area (Å²) in [5.74, 6) is 0. The van der Waals surface area contributed by atoms with Gasteiger partial charge in [-0.25, -0.2) is 4.98 Å². The van der Waals surface area contributed by atoms with Crippen molar-refractivity contribution in [2.24, 2.45) is 0 Å². The Morgan fingerprint density at radius 3 is 2.32 bits per heavy atom. The third-order valence-electron chi connectivity index (χ3n) is 8.87. The fourth-order valence-electron chi connectivity index (χ4n) is 7.18. The van der Waals surface area contributed by atoms with Crippen LogP contribution in [-0.4, -0.2) is 23.9 Å². The van der Waals surface area contributed by atoms with Gasteiger partial charge in [0.1, 0.15) is 11.2 Å². The van der Waals surface area contributed by atoms with Crippen molar-refractivity contribution in [3.05, 3.63) is 127 Å². The highest BCUT2D eigenvalue weighted by Crippen LogP contribution is 2.45. The predicted octanol–water partition coefficient (Wildman–Crippen LogP) is 8.25. The minimum atomic E-state index is 0.887.